The minimum Gasteiger partial charge on any atom is -0.367 e. The topological polar surface area (TPSA) is 69.6 Å². The zero-order chi connectivity index (χ0) is 7.84. The van der Waals surface area contributed by atoms with Gasteiger partial charge in [-0.15, -0.1) is 0 Å². The Kier molecular flexibility index (Phi) is 1.30. The van der Waals surface area contributed by atoms with E-state index in [-0.39, 0.29) is 0 Å². The molecule has 2 N–H and O–H groups in total. The molecule has 0 aliphatic heterocycles. The van der Waals surface area contributed by atoms with Gasteiger partial charge in [-0.2, -0.15) is 0 Å². The van der Waals surface area contributed by atoms with E-state index in [1.165, 1.54) is 6.42 Å². The molecule has 0 spiro atoms. The standard InChI is InChI=1S/C6H11N5/c1-4-2-5(4)3-11-6(7)8-9-10-11/h4-5H,2-3H2,1H3,(H2,7,8,10). The van der Waals surface area contributed by atoms with Crippen LogP contribution in [-0.4, -0.2) is 20.2 Å². The highest BCUT2D eigenvalue weighted by Crippen LogP contribution is 2.38. The molecule has 1 fully saturated rings. The Balaban J connectivity index is 2.01. The molecule has 0 radical (unpaired) electrons. The molecule has 2 unspecified atom stereocenters. The third kappa shape index (κ3) is 1.18. The van der Waals surface area contributed by atoms with Gasteiger partial charge in [0.05, 0.1) is 0 Å². The maximum Gasteiger partial charge on any atom is 0.240 e. The van der Waals surface area contributed by atoms with Crippen molar-refractivity contribution in [2.45, 2.75) is 19.9 Å². The summed E-state index contributed by atoms with van der Waals surface area (Å²) in [5.41, 5.74) is 5.49. The second-order valence-corrected chi connectivity index (χ2v) is 3.19. The van der Waals surface area contributed by atoms with Crippen LogP contribution < -0.4 is 5.73 Å². The van der Waals surface area contributed by atoms with Crippen LogP contribution in [0.3, 0.4) is 0 Å². The van der Waals surface area contributed by atoms with Gasteiger partial charge in [0.25, 0.3) is 0 Å². The molecule has 1 aromatic heterocycles. The second-order valence-electron chi connectivity index (χ2n) is 3.19. The van der Waals surface area contributed by atoms with Crippen LogP contribution in [0.15, 0.2) is 0 Å². The zero-order valence-corrected chi connectivity index (χ0v) is 6.44. The minimum absolute atomic E-state index is 0.420. The van der Waals surface area contributed by atoms with Crippen molar-refractivity contribution in [1.82, 2.24) is 20.2 Å². The first kappa shape index (κ1) is 6.57. The Hall–Kier alpha value is -1.13. The van der Waals surface area contributed by atoms with Crippen molar-refractivity contribution in [3.63, 3.8) is 0 Å². The highest BCUT2D eigenvalue weighted by atomic mass is 15.6. The number of nitrogens with zero attached hydrogens (tertiary/aromatic N) is 4. The number of hydrogen-bond acceptors (Lipinski definition) is 4. The third-order valence-corrected chi connectivity index (χ3v) is 2.24. The number of nitrogens with two attached hydrogens (primary N) is 1. The molecule has 2 rings (SSSR count). The van der Waals surface area contributed by atoms with Crippen LogP contribution >= 0.6 is 0 Å². The SMILES string of the molecule is CC1CC1Cn1nnnc1N. The molecule has 1 aliphatic rings. The quantitative estimate of drug-likeness (QED) is 0.644. The average molecular weight is 153 g/mol. The van der Waals surface area contributed by atoms with Crippen molar-refractivity contribution in [3.8, 4) is 0 Å². The highest BCUT2D eigenvalue weighted by Gasteiger charge is 2.33. The number of nitrogen functional groups attached to an aromatic ring is 1. The molecule has 2 atom stereocenters. The number of tetrazole rings is 1. The van der Waals surface area contributed by atoms with Crippen LogP contribution in [0.5, 0.6) is 0 Å². The Bertz CT molecular complexity index is 255. The van der Waals surface area contributed by atoms with E-state index in [9.17, 15) is 0 Å². The van der Waals surface area contributed by atoms with E-state index in [2.05, 4.69) is 22.4 Å². The smallest absolute Gasteiger partial charge is 0.240 e. The molecule has 1 saturated carbocycles. The van der Waals surface area contributed by atoms with Gasteiger partial charge in [-0.25, -0.2) is 4.68 Å². The maximum atomic E-state index is 5.49. The Morgan fingerprint density at radius 1 is 1.73 bits per heavy atom. The van der Waals surface area contributed by atoms with Gasteiger partial charge in [0.2, 0.25) is 5.95 Å². The van der Waals surface area contributed by atoms with Gasteiger partial charge in [-0.3, -0.25) is 0 Å². The van der Waals surface area contributed by atoms with Crippen molar-refractivity contribution in [3.05, 3.63) is 0 Å². The van der Waals surface area contributed by atoms with Gasteiger partial charge < -0.3 is 5.73 Å². The Morgan fingerprint density at radius 2 is 2.45 bits per heavy atom. The first-order valence-electron chi connectivity index (χ1n) is 3.79. The summed E-state index contributed by atoms with van der Waals surface area (Å²) in [5.74, 6) is 1.98. The fraction of sp³-hybridized carbons (Fsp3) is 0.833. The van der Waals surface area contributed by atoms with E-state index >= 15 is 0 Å². The van der Waals surface area contributed by atoms with E-state index in [0.717, 1.165) is 18.4 Å². The Morgan fingerprint density at radius 3 is 2.91 bits per heavy atom. The highest BCUT2D eigenvalue weighted by molar-refractivity contribution is 5.10. The fourth-order valence-electron chi connectivity index (χ4n) is 1.22. The molecular formula is C6H11N5. The fourth-order valence-corrected chi connectivity index (χ4v) is 1.22. The summed E-state index contributed by atoms with van der Waals surface area (Å²) >= 11 is 0. The van der Waals surface area contributed by atoms with E-state index in [0.29, 0.717) is 5.95 Å². The zero-order valence-electron chi connectivity index (χ0n) is 6.44. The third-order valence-electron chi connectivity index (χ3n) is 2.24. The van der Waals surface area contributed by atoms with E-state index in [4.69, 9.17) is 5.73 Å². The predicted octanol–water partition coefficient (Wildman–Crippen LogP) is -0.0887. The lowest BCUT2D eigenvalue weighted by molar-refractivity contribution is 0.529. The monoisotopic (exact) mass is 153 g/mol. The number of rotatable bonds is 2. The lowest BCUT2D eigenvalue weighted by Gasteiger charge is -1.97. The van der Waals surface area contributed by atoms with Gasteiger partial charge in [-0.1, -0.05) is 12.0 Å². The second kappa shape index (κ2) is 2.18. The predicted molar refractivity (Wildman–Crippen MR) is 39.5 cm³/mol. The molecule has 5 nitrogen and oxygen atoms in total. The summed E-state index contributed by atoms with van der Waals surface area (Å²) in [7, 11) is 0. The van der Waals surface area contributed by atoms with Crippen molar-refractivity contribution < 1.29 is 0 Å². The van der Waals surface area contributed by atoms with Crippen LogP contribution in [0, 0.1) is 11.8 Å². The first-order chi connectivity index (χ1) is 5.27. The van der Waals surface area contributed by atoms with Gasteiger partial charge >= 0.3 is 0 Å². The van der Waals surface area contributed by atoms with Crippen LogP contribution in [0.25, 0.3) is 0 Å². The van der Waals surface area contributed by atoms with Gasteiger partial charge in [0, 0.05) is 6.54 Å². The first-order valence-corrected chi connectivity index (χ1v) is 3.79. The maximum absolute atomic E-state index is 5.49. The molecule has 0 aromatic carbocycles. The molecule has 1 heterocycles. The summed E-state index contributed by atoms with van der Waals surface area (Å²) in [4.78, 5) is 0. The van der Waals surface area contributed by atoms with Crippen LogP contribution in [0.4, 0.5) is 5.95 Å². The largest absolute Gasteiger partial charge is 0.367 e. The van der Waals surface area contributed by atoms with Crippen molar-refractivity contribution in [1.29, 1.82) is 0 Å². The lowest BCUT2D eigenvalue weighted by atomic mass is 10.3. The molecule has 1 aromatic rings. The molecule has 0 amide bonds. The minimum atomic E-state index is 0.420. The van der Waals surface area contributed by atoms with Crippen LogP contribution in [0.1, 0.15) is 13.3 Å². The molecule has 5 heteroatoms. The number of aromatic nitrogens is 4. The summed E-state index contributed by atoms with van der Waals surface area (Å²) in [5, 5.41) is 10.8. The van der Waals surface area contributed by atoms with Gasteiger partial charge in [0.1, 0.15) is 0 Å². The van der Waals surface area contributed by atoms with Gasteiger partial charge in [0.15, 0.2) is 0 Å². The lowest BCUT2D eigenvalue weighted by Crippen LogP contribution is -2.07. The van der Waals surface area contributed by atoms with Crippen LogP contribution in [0.2, 0.25) is 0 Å². The molecule has 0 bridgehead atoms. The number of anilines is 1. The summed E-state index contributed by atoms with van der Waals surface area (Å²) in [6, 6.07) is 0. The molecule has 60 valence electrons. The number of hydrogen-bond donors (Lipinski definition) is 1. The summed E-state index contributed by atoms with van der Waals surface area (Å²) in [6.07, 6.45) is 1.28. The summed E-state index contributed by atoms with van der Waals surface area (Å²) in [6.45, 7) is 3.10. The van der Waals surface area contributed by atoms with Gasteiger partial charge in [-0.05, 0) is 28.7 Å². The van der Waals surface area contributed by atoms with Crippen molar-refractivity contribution >= 4 is 5.95 Å². The van der Waals surface area contributed by atoms with Crippen molar-refractivity contribution in [2.75, 3.05) is 5.73 Å². The molecule has 0 saturated heterocycles. The average Bonchev–Trinajstić information content (AvgIpc) is 2.48. The molecular weight excluding hydrogens is 142 g/mol. The van der Waals surface area contributed by atoms with E-state index < -0.39 is 0 Å². The van der Waals surface area contributed by atoms with Crippen molar-refractivity contribution in [2.24, 2.45) is 11.8 Å². The van der Waals surface area contributed by atoms with E-state index in [1.807, 2.05) is 0 Å². The molecule has 11 heavy (non-hydrogen) atoms. The van der Waals surface area contributed by atoms with Crippen LogP contribution in [-0.2, 0) is 6.54 Å². The molecule has 1 aliphatic carbocycles. The Labute approximate surface area is 64.6 Å². The summed E-state index contributed by atoms with van der Waals surface area (Å²) < 4.78 is 1.66. The normalized spacial score (nSPS) is 28.8. The van der Waals surface area contributed by atoms with E-state index in [1.54, 1.807) is 4.68 Å².